The molecule has 0 N–H and O–H groups in total. The van der Waals surface area contributed by atoms with E-state index in [4.69, 9.17) is 0 Å². The van der Waals surface area contributed by atoms with E-state index in [-0.39, 0.29) is 0 Å². The second-order valence-corrected chi connectivity index (χ2v) is 2.53. The van der Waals surface area contributed by atoms with Crippen LogP contribution in [-0.2, 0) is 0 Å². The average molecular weight is 111 g/mol. The van der Waals surface area contributed by atoms with Crippen LogP contribution in [0.2, 0.25) is 0 Å². The van der Waals surface area contributed by atoms with Crippen molar-refractivity contribution < 1.29 is 0 Å². The highest BCUT2D eigenvalue weighted by Crippen LogP contribution is 2.12. The minimum absolute atomic E-state index is 1.18. The van der Waals surface area contributed by atoms with Crippen LogP contribution in [0, 0.1) is 13.8 Å². The van der Waals surface area contributed by atoms with Crippen molar-refractivity contribution in [1.29, 1.82) is 0 Å². The minimum atomic E-state index is 1.18. The summed E-state index contributed by atoms with van der Waals surface area (Å²) in [7, 11) is 0. The van der Waals surface area contributed by atoms with E-state index in [1.165, 1.54) is 10.4 Å². The highest BCUT2D eigenvalue weighted by molar-refractivity contribution is 7.10. The number of aryl methyl sites for hydroxylation is 1. The fourth-order valence-electron chi connectivity index (χ4n) is 0.404. The van der Waals surface area contributed by atoms with Gasteiger partial charge in [0.05, 0.1) is 0 Å². The van der Waals surface area contributed by atoms with Gasteiger partial charge in [0, 0.05) is 4.88 Å². The van der Waals surface area contributed by atoms with E-state index in [0.29, 0.717) is 0 Å². The molecule has 0 unspecified atom stereocenters. The quantitative estimate of drug-likeness (QED) is 0.481. The topological polar surface area (TPSA) is 0 Å². The number of hydrogen-bond acceptors (Lipinski definition) is 1. The van der Waals surface area contributed by atoms with Crippen LogP contribution in [0.1, 0.15) is 10.4 Å². The molecular weight excluding hydrogens is 104 g/mol. The summed E-state index contributed by atoms with van der Waals surface area (Å²) < 4.78 is 0. The summed E-state index contributed by atoms with van der Waals surface area (Å²) in [5.41, 5.74) is 1.30. The zero-order chi connectivity index (χ0) is 5.28. The van der Waals surface area contributed by atoms with Gasteiger partial charge >= 0.3 is 0 Å². The van der Waals surface area contributed by atoms with Gasteiger partial charge in [-0.2, -0.15) is 0 Å². The van der Waals surface area contributed by atoms with Crippen LogP contribution in [0.4, 0.5) is 0 Å². The highest BCUT2D eigenvalue weighted by Gasteiger charge is 1.87. The van der Waals surface area contributed by atoms with Gasteiger partial charge in [0.15, 0.2) is 0 Å². The first kappa shape index (κ1) is 4.85. The molecule has 0 fully saturated rings. The van der Waals surface area contributed by atoms with E-state index in [0.717, 1.165) is 0 Å². The van der Waals surface area contributed by atoms with E-state index in [9.17, 15) is 0 Å². The number of thiophene rings is 1. The number of rotatable bonds is 0. The lowest BCUT2D eigenvalue weighted by Crippen LogP contribution is -1.61. The molecule has 0 spiro atoms. The van der Waals surface area contributed by atoms with Gasteiger partial charge in [0.1, 0.15) is 0 Å². The fourth-order valence-corrected chi connectivity index (χ4v) is 1.09. The van der Waals surface area contributed by atoms with Crippen LogP contribution in [0.15, 0.2) is 11.4 Å². The van der Waals surface area contributed by atoms with Crippen LogP contribution in [0.5, 0.6) is 0 Å². The Labute approximate surface area is 47.8 Å². The van der Waals surface area contributed by atoms with E-state index in [1.807, 2.05) is 0 Å². The second kappa shape index (κ2) is 1.66. The molecular formula is C6H7S. The standard InChI is InChI=1S/C6H7S/c1-5-3-4-7-6(5)2/h3-4H,2H2,1H3. The lowest BCUT2D eigenvalue weighted by Gasteiger charge is -1.79. The van der Waals surface area contributed by atoms with Crippen molar-refractivity contribution in [2.45, 2.75) is 6.92 Å². The Balaban J connectivity index is 3.12. The molecule has 37 valence electrons. The maximum absolute atomic E-state index is 3.80. The summed E-state index contributed by atoms with van der Waals surface area (Å²) in [5.74, 6) is 0. The predicted octanol–water partition coefficient (Wildman–Crippen LogP) is 2.24. The first-order valence-corrected chi connectivity index (χ1v) is 3.05. The van der Waals surface area contributed by atoms with Gasteiger partial charge in [-0.15, -0.1) is 11.3 Å². The van der Waals surface area contributed by atoms with E-state index in [1.54, 1.807) is 11.3 Å². The molecule has 1 rings (SSSR count). The minimum Gasteiger partial charge on any atom is -0.149 e. The van der Waals surface area contributed by atoms with E-state index < -0.39 is 0 Å². The summed E-state index contributed by atoms with van der Waals surface area (Å²) in [6.45, 7) is 5.87. The molecule has 1 aromatic rings. The maximum atomic E-state index is 3.80. The molecule has 0 aliphatic heterocycles. The van der Waals surface area contributed by atoms with Crippen molar-refractivity contribution in [3.63, 3.8) is 0 Å². The third-order valence-electron chi connectivity index (χ3n) is 0.968. The van der Waals surface area contributed by atoms with Gasteiger partial charge in [0.2, 0.25) is 0 Å². The van der Waals surface area contributed by atoms with Gasteiger partial charge in [0.25, 0.3) is 0 Å². The molecule has 1 heteroatoms. The van der Waals surface area contributed by atoms with Gasteiger partial charge < -0.3 is 0 Å². The fraction of sp³-hybridized carbons (Fsp3) is 0.167. The van der Waals surface area contributed by atoms with Gasteiger partial charge in [-0.1, -0.05) is 0 Å². The molecule has 0 bridgehead atoms. The molecule has 0 nitrogen and oxygen atoms in total. The molecule has 0 amide bonds. The summed E-state index contributed by atoms with van der Waals surface area (Å²) in [6, 6.07) is 2.08. The van der Waals surface area contributed by atoms with Gasteiger partial charge in [-0.05, 0) is 30.9 Å². The summed E-state index contributed by atoms with van der Waals surface area (Å²) in [5, 5.41) is 2.05. The van der Waals surface area contributed by atoms with Crippen molar-refractivity contribution in [2.75, 3.05) is 0 Å². The zero-order valence-corrected chi connectivity index (χ0v) is 5.09. The van der Waals surface area contributed by atoms with Crippen LogP contribution < -0.4 is 0 Å². The molecule has 0 aliphatic carbocycles. The molecule has 0 aliphatic rings. The smallest absolute Gasteiger partial charge is 0.00779 e. The second-order valence-electron chi connectivity index (χ2n) is 1.53. The summed E-state index contributed by atoms with van der Waals surface area (Å²) in [4.78, 5) is 1.18. The van der Waals surface area contributed by atoms with Crippen LogP contribution >= 0.6 is 11.3 Å². The SMILES string of the molecule is [CH2]c1sccc1C. The van der Waals surface area contributed by atoms with Crippen LogP contribution in [0.3, 0.4) is 0 Å². The summed E-state index contributed by atoms with van der Waals surface area (Å²) >= 11 is 1.69. The average Bonchev–Trinajstić information content (AvgIpc) is 1.91. The predicted molar refractivity (Wildman–Crippen MR) is 33.5 cm³/mol. The van der Waals surface area contributed by atoms with Crippen molar-refractivity contribution in [1.82, 2.24) is 0 Å². The molecule has 7 heavy (non-hydrogen) atoms. The third-order valence-corrected chi connectivity index (χ3v) is 1.85. The van der Waals surface area contributed by atoms with Crippen LogP contribution in [-0.4, -0.2) is 0 Å². The monoisotopic (exact) mass is 111 g/mol. The zero-order valence-electron chi connectivity index (χ0n) is 4.27. The largest absolute Gasteiger partial charge is 0.149 e. The Hall–Kier alpha value is -0.300. The van der Waals surface area contributed by atoms with Gasteiger partial charge in [-0.3, -0.25) is 0 Å². The first-order valence-electron chi connectivity index (χ1n) is 2.17. The molecule has 0 saturated heterocycles. The van der Waals surface area contributed by atoms with Crippen molar-refractivity contribution in [3.05, 3.63) is 28.8 Å². The lowest BCUT2D eigenvalue weighted by atomic mass is 10.3. The maximum Gasteiger partial charge on any atom is 0.00779 e. The van der Waals surface area contributed by atoms with Crippen molar-refractivity contribution in [3.8, 4) is 0 Å². The van der Waals surface area contributed by atoms with E-state index >= 15 is 0 Å². The highest BCUT2D eigenvalue weighted by atomic mass is 32.1. The Morgan fingerprint density at radius 1 is 1.71 bits per heavy atom. The summed E-state index contributed by atoms with van der Waals surface area (Å²) in [6.07, 6.45) is 0. The molecule has 1 heterocycles. The number of hydrogen-bond donors (Lipinski definition) is 0. The molecule has 0 aromatic carbocycles. The lowest BCUT2D eigenvalue weighted by molar-refractivity contribution is 1.52. The van der Waals surface area contributed by atoms with Gasteiger partial charge in [-0.25, -0.2) is 0 Å². The Morgan fingerprint density at radius 2 is 2.43 bits per heavy atom. The molecule has 1 radical (unpaired) electrons. The first-order chi connectivity index (χ1) is 3.30. The Kier molecular flexibility index (Phi) is 1.15. The third kappa shape index (κ3) is 0.829. The Bertz CT molecular complexity index is 136. The molecule has 0 saturated carbocycles. The van der Waals surface area contributed by atoms with Crippen molar-refractivity contribution in [2.24, 2.45) is 0 Å². The molecule has 1 aromatic heterocycles. The molecule has 0 atom stereocenters. The normalized spacial score (nSPS) is 9.43. The van der Waals surface area contributed by atoms with E-state index in [2.05, 4.69) is 25.3 Å². The Morgan fingerprint density at radius 3 is 2.57 bits per heavy atom. The van der Waals surface area contributed by atoms with Crippen LogP contribution in [0.25, 0.3) is 0 Å². The van der Waals surface area contributed by atoms with Crippen molar-refractivity contribution >= 4 is 11.3 Å².